The molecule has 0 aromatic carbocycles. The van der Waals surface area contributed by atoms with Crippen LogP contribution in [0.2, 0.25) is 0 Å². The van der Waals surface area contributed by atoms with E-state index >= 15 is 0 Å². The number of fused-ring (bicyclic) bond motifs is 5. The third-order valence-corrected chi connectivity index (χ3v) is 9.99. The minimum Gasteiger partial charge on any atom is -0.300 e. The van der Waals surface area contributed by atoms with Gasteiger partial charge < -0.3 is 0 Å². The SMILES string of the molecule is CC[C@@H]1CC2C3CCC(CCC#N)C3(C)CCC2C2(C)CCC(=O)CC12. The van der Waals surface area contributed by atoms with Crippen LogP contribution in [0.3, 0.4) is 0 Å². The van der Waals surface area contributed by atoms with E-state index in [4.69, 9.17) is 5.26 Å². The van der Waals surface area contributed by atoms with E-state index in [-0.39, 0.29) is 0 Å². The molecular formula is C24H37NO. The summed E-state index contributed by atoms with van der Waals surface area (Å²) in [6, 6.07) is 2.40. The van der Waals surface area contributed by atoms with Crippen LogP contribution in [0.5, 0.6) is 0 Å². The van der Waals surface area contributed by atoms with E-state index in [1.165, 1.54) is 38.5 Å². The molecule has 0 spiro atoms. The number of nitriles is 1. The van der Waals surface area contributed by atoms with Crippen LogP contribution < -0.4 is 0 Å². The molecule has 4 aliphatic carbocycles. The Morgan fingerprint density at radius 1 is 1.08 bits per heavy atom. The number of nitrogens with zero attached hydrogens (tertiary/aromatic N) is 1. The van der Waals surface area contributed by atoms with Crippen molar-refractivity contribution in [3.8, 4) is 6.07 Å². The summed E-state index contributed by atoms with van der Waals surface area (Å²) in [5.41, 5.74) is 0.883. The number of hydrogen-bond donors (Lipinski definition) is 0. The van der Waals surface area contributed by atoms with Gasteiger partial charge in [0.15, 0.2) is 0 Å². The first-order valence-electron chi connectivity index (χ1n) is 11.3. The van der Waals surface area contributed by atoms with Crippen molar-refractivity contribution in [2.45, 2.75) is 91.4 Å². The van der Waals surface area contributed by atoms with Gasteiger partial charge in [0.2, 0.25) is 0 Å². The molecule has 0 heterocycles. The number of rotatable bonds is 3. The third kappa shape index (κ3) is 2.60. The Bertz CT molecular complexity index is 606. The summed E-state index contributed by atoms with van der Waals surface area (Å²) in [5.74, 6) is 5.29. The summed E-state index contributed by atoms with van der Waals surface area (Å²) in [7, 11) is 0. The molecule has 8 atom stereocenters. The van der Waals surface area contributed by atoms with Crippen LogP contribution in [0, 0.1) is 57.7 Å². The second-order valence-corrected chi connectivity index (χ2v) is 10.7. The highest BCUT2D eigenvalue weighted by Gasteiger charge is 2.61. The predicted octanol–water partition coefficient (Wildman–Crippen LogP) is 6.15. The van der Waals surface area contributed by atoms with Crippen molar-refractivity contribution in [1.29, 1.82) is 5.26 Å². The van der Waals surface area contributed by atoms with Crippen molar-refractivity contribution >= 4 is 5.78 Å². The monoisotopic (exact) mass is 355 g/mol. The van der Waals surface area contributed by atoms with E-state index in [0.717, 1.165) is 61.7 Å². The average molecular weight is 356 g/mol. The summed E-state index contributed by atoms with van der Waals surface area (Å²) in [5, 5.41) is 9.07. The van der Waals surface area contributed by atoms with Gasteiger partial charge in [-0.05, 0) is 91.3 Å². The molecular weight excluding hydrogens is 318 g/mol. The average Bonchev–Trinajstić information content (AvgIpc) is 2.96. The molecule has 0 aromatic heterocycles. The van der Waals surface area contributed by atoms with Gasteiger partial charge in [0.1, 0.15) is 5.78 Å². The summed E-state index contributed by atoms with van der Waals surface area (Å²) in [6.45, 7) is 7.49. The first kappa shape index (κ1) is 18.5. The van der Waals surface area contributed by atoms with Gasteiger partial charge in [-0.3, -0.25) is 4.79 Å². The first-order chi connectivity index (χ1) is 12.4. The number of Topliss-reactive ketones (excluding diaryl/α,β-unsaturated/α-hetero) is 1. The molecule has 26 heavy (non-hydrogen) atoms. The fraction of sp³-hybridized carbons (Fsp3) is 0.917. The Morgan fingerprint density at radius 2 is 1.85 bits per heavy atom. The maximum Gasteiger partial charge on any atom is 0.133 e. The van der Waals surface area contributed by atoms with Gasteiger partial charge in [0.05, 0.1) is 6.07 Å². The Morgan fingerprint density at radius 3 is 2.58 bits per heavy atom. The smallest absolute Gasteiger partial charge is 0.133 e. The molecule has 0 N–H and O–H groups in total. The van der Waals surface area contributed by atoms with Gasteiger partial charge in [-0.15, -0.1) is 0 Å². The fourth-order valence-electron chi connectivity index (χ4n) is 8.56. The third-order valence-electron chi connectivity index (χ3n) is 9.99. The van der Waals surface area contributed by atoms with E-state index in [1.807, 2.05) is 0 Å². The van der Waals surface area contributed by atoms with Crippen LogP contribution in [0.15, 0.2) is 0 Å². The molecule has 4 aliphatic rings. The number of carbonyl (C=O) groups excluding carboxylic acids is 1. The molecule has 0 aliphatic heterocycles. The Hall–Kier alpha value is -0.840. The van der Waals surface area contributed by atoms with Crippen LogP contribution in [-0.4, -0.2) is 5.78 Å². The molecule has 0 radical (unpaired) electrons. The summed E-state index contributed by atoms with van der Waals surface area (Å²) in [6.07, 6.45) is 12.8. The zero-order chi connectivity index (χ0) is 18.5. The van der Waals surface area contributed by atoms with Crippen LogP contribution in [0.25, 0.3) is 0 Å². The topological polar surface area (TPSA) is 40.9 Å². The molecule has 2 heteroatoms. The van der Waals surface area contributed by atoms with Gasteiger partial charge in [0.25, 0.3) is 0 Å². The van der Waals surface area contributed by atoms with E-state index in [9.17, 15) is 4.79 Å². The highest BCUT2D eigenvalue weighted by molar-refractivity contribution is 5.79. The quantitative estimate of drug-likeness (QED) is 0.609. The Kier molecular flexibility index (Phi) is 4.73. The van der Waals surface area contributed by atoms with Crippen molar-refractivity contribution in [1.82, 2.24) is 0 Å². The molecule has 2 nitrogen and oxygen atoms in total. The van der Waals surface area contributed by atoms with E-state index < -0.39 is 0 Å². The summed E-state index contributed by atoms with van der Waals surface area (Å²) in [4.78, 5) is 12.2. The van der Waals surface area contributed by atoms with E-state index in [1.54, 1.807) is 0 Å². The lowest BCUT2D eigenvalue weighted by Crippen LogP contribution is -2.56. The number of hydrogen-bond acceptors (Lipinski definition) is 2. The molecule has 0 aromatic rings. The largest absolute Gasteiger partial charge is 0.300 e. The highest BCUT2D eigenvalue weighted by atomic mass is 16.1. The number of carbonyl (C=O) groups is 1. The van der Waals surface area contributed by atoms with Gasteiger partial charge in [-0.2, -0.15) is 5.26 Å². The second kappa shape index (κ2) is 6.65. The fourth-order valence-corrected chi connectivity index (χ4v) is 8.56. The van der Waals surface area contributed by atoms with E-state index in [2.05, 4.69) is 26.8 Å². The Balaban J connectivity index is 1.62. The minimum atomic E-state index is 0.406. The molecule has 144 valence electrons. The molecule has 4 fully saturated rings. The number of ketones is 1. The van der Waals surface area contributed by atoms with Crippen LogP contribution in [-0.2, 0) is 4.79 Å². The molecule has 7 unspecified atom stereocenters. The Labute approximate surface area is 160 Å². The zero-order valence-electron chi connectivity index (χ0n) is 17.1. The van der Waals surface area contributed by atoms with Crippen LogP contribution in [0.4, 0.5) is 0 Å². The van der Waals surface area contributed by atoms with Gasteiger partial charge in [-0.1, -0.05) is 27.2 Å². The van der Waals surface area contributed by atoms with Gasteiger partial charge >= 0.3 is 0 Å². The van der Waals surface area contributed by atoms with Crippen molar-refractivity contribution in [3.05, 3.63) is 0 Å². The molecule has 4 rings (SSSR count). The lowest BCUT2D eigenvalue weighted by molar-refractivity contribution is -0.151. The maximum atomic E-state index is 12.2. The molecule has 0 saturated heterocycles. The second-order valence-electron chi connectivity index (χ2n) is 10.7. The standard InChI is InChI=1S/C24H37NO/c1-4-16-14-19-20-8-7-17(6-5-13-25)23(20,2)12-10-21(19)24(3)11-9-18(26)15-22(16)24/h16-17,19-22H,4-12,14-15H2,1-3H3/t16-,17?,19?,20?,21?,22?,23?,24?/m1/s1. The summed E-state index contributed by atoms with van der Waals surface area (Å²) >= 11 is 0. The lowest BCUT2D eigenvalue weighted by atomic mass is 9.42. The molecule has 0 bridgehead atoms. The summed E-state index contributed by atoms with van der Waals surface area (Å²) < 4.78 is 0. The molecule has 0 amide bonds. The van der Waals surface area contributed by atoms with Gasteiger partial charge in [-0.25, -0.2) is 0 Å². The van der Waals surface area contributed by atoms with E-state index in [0.29, 0.717) is 22.5 Å². The van der Waals surface area contributed by atoms with Gasteiger partial charge in [0, 0.05) is 19.3 Å². The van der Waals surface area contributed by atoms with Crippen molar-refractivity contribution < 1.29 is 4.79 Å². The van der Waals surface area contributed by atoms with Crippen molar-refractivity contribution in [2.75, 3.05) is 0 Å². The molecule has 4 saturated carbocycles. The van der Waals surface area contributed by atoms with Crippen molar-refractivity contribution in [3.63, 3.8) is 0 Å². The normalized spacial score (nSPS) is 50.5. The van der Waals surface area contributed by atoms with Crippen molar-refractivity contribution in [2.24, 2.45) is 46.3 Å². The van der Waals surface area contributed by atoms with Crippen LogP contribution >= 0.6 is 0 Å². The highest BCUT2D eigenvalue weighted by Crippen LogP contribution is 2.68. The predicted molar refractivity (Wildman–Crippen MR) is 104 cm³/mol. The minimum absolute atomic E-state index is 0.406. The first-order valence-corrected chi connectivity index (χ1v) is 11.3. The lowest BCUT2D eigenvalue weighted by Gasteiger charge is -2.62. The zero-order valence-corrected chi connectivity index (χ0v) is 17.1. The van der Waals surface area contributed by atoms with Crippen LogP contribution in [0.1, 0.15) is 91.4 Å². The maximum absolute atomic E-state index is 12.2.